The van der Waals surface area contributed by atoms with Crippen LogP contribution in [0, 0.1) is 18.6 Å². The average Bonchev–Trinajstić information content (AvgIpc) is 2.12. The van der Waals surface area contributed by atoms with Crippen LogP contribution in [0.5, 0.6) is 0 Å². The zero-order chi connectivity index (χ0) is 10.9. The van der Waals surface area contributed by atoms with Crippen molar-refractivity contribution in [3.05, 3.63) is 34.9 Å². The Kier molecular flexibility index (Phi) is 2.90. The van der Waals surface area contributed by atoms with Gasteiger partial charge in [0, 0.05) is 11.1 Å². The molecule has 14 heavy (non-hydrogen) atoms. The molecule has 0 fully saturated rings. The number of nitrogens with two attached hydrogens (primary N) is 1. The summed E-state index contributed by atoms with van der Waals surface area (Å²) in [7, 11) is 0. The van der Waals surface area contributed by atoms with Crippen LogP contribution in [0.25, 0.3) is 0 Å². The van der Waals surface area contributed by atoms with Gasteiger partial charge in [0.15, 0.2) is 0 Å². The van der Waals surface area contributed by atoms with Gasteiger partial charge in [0.05, 0.1) is 0 Å². The fourth-order valence-corrected chi connectivity index (χ4v) is 1.36. The molecule has 1 atom stereocenters. The summed E-state index contributed by atoms with van der Waals surface area (Å²) in [4.78, 5) is 0. The molecule has 1 nitrogen and oxygen atoms in total. The topological polar surface area (TPSA) is 26.0 Å². The third-order valence-corrected chi connectivity index (χ3v) is 2.59. The van der Waals surface area contributed by atoms with Crippen LogP contribution >= 0.6 is 0 Å². The smallest absolute Gasteiger partial charge is 0.134 e. The molecule has 0 saturated heterocycles. The predicted octanol–water partition coefficient (Wildman–Crippen LogP) is 2.86. The molecule has 3 heteroatoms. The minimum absolute atomic E-state index is 0.0139. The highest BCUT2D eigenvalue weighted by atomic mass is 19.1. The molecule has 0 amide bonds. The standard InChI is InChI=1S/C11H15F2N/c1-4-11(3,14)9-8(12)6-5-7(2)10(9)13/h5-6H,4,14H2,1-3H3. The maximum absolute atomic E-state index is 13.6. The van der Waals surface area contributed by atoms with Crippen LogP contribution in [-0.2, 0) is 5.54 Å². The molecule has 1 unspecified atom stereocenters. The fourth-order valence-electron chi connectivity index (χ4n) is 1.36. The van der Waals surface area contributed by atoms with Crippen molar-refractivity contribution in [2.24, 2.45) is 5.73 Å². The molecule has 2 N–H and O–H groups in total. The van der Waals surface area contributed by atoms with Crippen molar-refractivity contribution < 1.29 is 8.78 Å². The maximum Gasteiger partial charge on any atom is 0.134 e. The van der Waals surface area contributed by atoms with E-state index in [9.17, 15) is 8.78 Å². The lowest BCUT2D eigenvalue weighted by molar-refractivity contribution is 0.414. The molecule has 0 spiro atoms. The molecule has 1 aromatic rings. The molecule has 0 aliphatic carbocycles. The largest absolute Gasteiger partial charge is 0.321 e. The van der Waals surface area contributed by atoms with Gasteiger partial charge in [-0.2, -0.15) is 0 Å². The summed E-state index contributed by atoms with van der Waals surface area (Å²) in [5, 5.41) is 0. The van der Waals surface area contributed by atoms with Crippen molar-refractivity contribution in [3.8, 4) is 0 Å². The second-order valence-corrected chi connectivity index (χ2v) is 3.82. The molecule has 0 radical (unpaired) electrons. The van der Waals surface area contributed by atoms with Gasteiger partial charge in [-0.15, -0.1) is 0 Å². The van der Waals surface area contributed by atoms with E-state index in [1.165, 1.54) is 12.1 Å². The molecule has 0 bridgehead atoms. The molecule has 0 aliphatic heterocycles. The van der Waals surface area contributed by atoms with E-state index in [4.69, 9.17) is 5.73 Å². The number of hydrogen-bond acceptors (Lipinski definition) is 1. The molecule has 0 aromatic heterocycles. The van der Waals surface area contributed by atoms with E-state index in [1.54, 1.807) is 20.8 Å². The van der Waals surface area contributed by atoms with E-state index in [0.29, 0.717) is 12.0 Å². The summed E-state index contributed by atoms with van der Waals surface area (Å²) in [6, 6.07) is 2.68. The molecule has 1 aromatic carbocycles. The zero-order valence-electron chi connectivity index (χ0n) is 8.70. The molecular formula is C11H15F2N. The van der Waals surface area contributed by atoms with Crippen molar-refractivity contribution >= 4 is 0 Å². The van der Waals surface area contributed by atoms with Gasteiger partial charge >= 0.3 is 0 Å². The first kappa shape index (κ1) is 11.1. The Labute approximate surface area is 82.9 Å². The van der Waals surface area contributed by atoms with Gasteiger partial charge in [-0.1, -0.05) is 13.0 Å². The molecule has 0 heterocycles. The quantitative estimate of drug-likeness (QED) is 0.778. The number of hydrogen-bond donors (Lipinski definition) is 1. The third kappa shape index (κ3) is 1.77. The Hall–Kier alpha value is -0.960. The lowest BCUT2D eigenvalue weighted by Crippen LogP contribution is -2.34. The van der Waals surface area contributed by atoms with Crippen molar-refractivity contribution in [1.29, 1.82) is 0 Å². The number of aryl methyl sites for hydroxylation is 1. The minimum Gasteiger partial charge on any atom is -0.321 e. The molecular weight excluding hydrogens is 184 g/mol. The van der Waals surface area contributed by atoms with E-state index in [-0.39, 0.29) is 5.56 Å². The van der Waals surface area contributed by atoms with Gasteiger partial charge in [-0.3, -0.25) is 0 Å². The van der Waals surface area contributed by atoms with Gasteiger partial charge in [0.2, 0.25) is 0 Å². The molecule has 1 rings (SSSR count). The highest BCUT2D eigenvalue weighted by Crippen LogP contribution is 2.28. The number of halogens is 2. The Bertz CT molecular complexity index is 345. The Balaban J connectivity index is 3.40. The van der Waals surface area contributed by atoms with E-state index >= 15 is 0 Å². The van der Waals surface area contributed by atoms with Gasteiger partial charge in [-0.25, -0.2) is 8.78 Å². The van der Waals surface area contributed by atoms with E-state index in [0.717, 1.165) is 0 Å². The Morgan fingerprint density at radius 1 is 1.36 bits per heavy atom. The van der Waals surface area contributed by atoms with Gasteiger partial charge in [0.25, 0.3) is 0 Å². The van der Waals surface area contributed by atoms with Crippen LogP contribution < -0.4 is 5.73 Å². The van der Waals surface area contributed by atoms with Crippen LogP contribution in [-0.4, -0.2) is 0 Å². The minimum atomic E-state index is -0.944. The molecule has 0 saturated carbocycles. The van der Waals surface area contributed by atoms with Crippen LogP contribution in [0.1, 0.15) is 31.4 Å². The zero-order valence-corrected chi connectivity index (χ0v) is 8.70. The second kappa shape index (κ2) is 3.65. The van der Waals surface area contributed by atoms with Crippen molar-refractivity contribution in [2.45, 2.75) is 32.7 Å². The summed E-state index contributed by atoms with van der Waals surface area (Å²) in [5.74, 6) is -1.10. The Morgan fingerprint density at radius 3 is 2.43 bits per heavy atom. The predicted molar refractivity (Wildman–Crippen MR) is 52.9 cm³/mol. The van der Waals surface area contributed by atoms with E-state index in [2.05, 4.69) is 0 Å². The number of rotatable bonds is 2. The first-order valence-electron chi connectivity index (χ1n) is 4.64. The van der Waals surface area contributed by atoms with Crippen molar-refractivity contribution in [2.75, 3.05) is 0 Å². The maximum atomic E-state index is 13.6. The summed E-state index contributed by atoms with van der Waals surface area (Å²) >= 11 is 0. The van der Waals surface area contributed by atoms with Crippen LogP contribution in [0.4, 0.5) is 8.78 Å². The number of benzene rings is 1. The second-order valence-electron chi connectivity index (χ2n) is 3.82. The van der Waals surface area contributed by atoms with Crippen molar-refractivity contribution in [3.63, 3.8) is 0 Å². The SMILES string of the molecule is CCC(C)(N)c1c(F)ccc(C)c1F. The van der Waals surface area contributed by atoms with Gasteiger partial charge < -0.3 is 5.73 Å². The molecule has 78 valence electrons. The van der Waals surface area contributed by atoms with Crippen LogP contribution in [0.2, 0.25) is 0 Å². The lowest BCUT2D eigenvalue weighted by Gasteiger charge is -2.25. The van der Waals surface area contributed by atoms with E-state index < -0.39 is 17.2 Å². The third-order valence-electron chi connectivity index (χ3n) is 2.59. The normalized spacial score (nSPS) is 15.3. The highest BCUT2D eigenvalue weighted by Gasteiger charge is 2.27. The van der Waals surface area contributed by atoms with Crippen molar-refractivity contribution in [1.82, 2.24) is 0 Å². The van der Waals surface area contributed by atoms with Crippen LogP contribution in [0.15, 0.2) is 12.1 Å². The fraction of sp³-hybridized carbons (Fsp3) is 0.455. The first-order valence-corrected chi connectivity index (χ1v) is 4.64. The Morgan fingerprint density at radius 2 is 1.93 bits per heavy atom. The average molecular weight is 199 g/mol. The first-order chi connectivity index (χ1) is 6.40. The van der Waals surface area contributed by atoms with Crippen LogP contribution in [0.3, 0.4) is 0 Å². The summed E-state index contributed by atoms with van der Waals surface area (Å²) in [5.41, 5.74) is 5.29. The van der Waals surface area contributed by atoms with Gasteiger partial charge in [-0.05, 0) is 31.9 Å². The van der Waals surface area contributed by atoms with Gasteiger partial charge in [0.1, 0.15) is 11.6 Å². The summed E-state index contributed by atoms with van der Waals surface area (Å²) in [6.07, 6.45) is 0.490. The summed E-state index contributed by atoms with van der Waals surface area (Å²) in [6.45, 7) is 5.04. The highest BCUT2D eigenvalue weighted by molar-refractivity contribution is 5.31. The molecule has 0 aliphatic rings. The monoisotopic (exact) mass is 199 g/mol. The lowest BCUT2D eigenvalue weighted by atomic mass is 9.88. The summed E-state index contributed by atoms with van der Waals surface area (Å²) < 4.78 is 27.0. The van der Waals surface area contributed by atoms with E-state index in [1.807, 2.05) is 0 Å².